The molecule has 1 aromatic rings. The van der Waals surface area contributed by atoms with Crippen LogP contribution in [0.5, 0.6) is 0 Å². The second-order valence-electron chi connectivity index (χ2n) is 5.92. The highest BCUT2D eigenvalue weighted by Crippen LogP contribution is 2.22. The van der Waals surface area contributed by atoms with Crippen LogP contribution in [0.15, 0.2) is 18.5 Å². The fourth-order valence-corrected chi connectivity index (χ4v) is 4.23. The minimum atomic E-state index is -0.0438. The van der Waals surface area contributed by atoms with Crippen LogP contribution in [0.3, 0.4) is 0 Å². The third kappa shape index (κ3) is 4.25. The number of nitrogens with one attached hydrogen (secondary N) is 2. The molecular weight excluding hydrogens is 298 g/mol. The smallest absolute Gasteiger partial charge is 0.315 e. The molecular formula is C15H23N5OS. The standard InChI is InChI=1S/C15H23N5OS/c21-15(18-9-12-4-8-22-11-12)19-13-3-1-7-20(10-13)14-16-5-2-6-17-14/h2,5-6,12-13H,1,3-4,7-11H2,(H2,18,19,21)/t12-,13-/m0/s1. The highest BCUT2D eigenvalue weighted by Gasteiger charge is 2.23. The van der Waals surface area contributed by atoms with Crippen LogP contribution in [-0.4, -0.2) is 53.2 Å². The number of anilines is 1. The average molecular weight is 321 g/mol. The number of carbonyl (C=O) groups excluding carboxylic acids is 1. The van der Waals surface area contributed by atoms with E-state index in [2.05, 4.69) is 25.5 Å². The summed E-state index contributed by atoms with van der Waals surface area (Å²) in [6.45, 7) is 2.51. The average Bonchev–Trinajstić information content (AvgIpc) is 3.08. The van der Waals surface area contributed by atoms with Crippen molar-refractivity contribution in [2.75, 3.05) is 36.0 Å². The molecule has 22 heavy (non-hydrogen) atoms. The van der Waals surface area contributed by atoms with Crippen LogP contribution in [0.25, 0.3) is 0 Å². The summed E-state index contributed by atoms with van der Waals surface area (Å²) in [7, 11) is 0. The Kier molecular flexibility index (Phi) is 5.37. The lowest BCUT2D eigenvalue weighted by Crippen LogP contribution is -2.51. The minimum absolute atomic E-state index is 0.0438. The van der Waals surface area contributed by atoms with Crippen molar-refractivity contribution in [3.8, 4) is 0 Å². The monoisotopic (exact) mass is 321 g/mol. The molecule has 2 atom stereocenters. The molecule has 2 saturated heterocycles. The van der Waals surface area contributed by atoms with Crippen molar-refractivity contribution in [3.05, 3.63) is 18.5 Å². The maximum atomic E-state index is 12.0. The molecule has 2 N–H and O–H groups in total. The normalized spacial score (nSPS) is 25.0. The van der Waals surface area contributed by atoms with E-state index in [9.17, 15) is 4.79 Å². The van der Waals surface area contributed by atoms with Gasteiger partial charge in [0.1, 0.15) is 0 Å². The van der Waals surface area contributed by atoms with Gasteiger partial charge in [0.15, 0.2) is 0 Å². The Labute approximate surface area is 135 Å². The van der Waals surface area contributed by atoms with E-state index in [1.807, 2.05) is 17.8 Å². The van der Waals surface area contributed by atoms with Crippen LogP contribution in [0.2, 0.25) is 0 Å². The number of hydrogen-bond acceptors (Lipinski definition) is 5. The Hall–Kier alpha value is -1.50. The van der Waals surface area contributed by atoms with Crippen LogP contribution < -0.4 is 15.5 Å². The zero-order chi connectivity index (χ0) is 15.2. The van der Waals surface area contributed by atoms with Crippen LogP contribution in [0.4, 0.5) is 10.7 Å². The Bertz CT molecular complexity index is 480. The van der Waals surface area contributed by atoms with E-state index >= 15 is 0 Å². The predicted octanol–water partition coefficient (Wildman–Crippen LogP) is 1.50. The zero-order valence-corrected chi connectivity index (χ0v) is 13.5. The Balaban J connectivity index is 1.44. The van der Waals surface area contributed by atoms with E-state index in [4.69, 9.17) is 0 Å². The van der Waals surface area contributed by atoms with Crippen molar-refractivity contribution in [1.82, 2.24) is 20.6 Å². The Morgan fingerprint density at radius 2 is 2.23 bits per heavy atom. The first-order valence-electron chi connectivity index (χ1n) is 7.95. The van der Waals surface area contributed by atoms with Gasteiger partial charge in [-0.25, -0.2) is 14.8 Å². The lowest BCUT2D eigenvalue weighted by molar-refractivity contribution is 0.233. The van der Waals surface area contributed by atoms with Gasteiger partial charge in [0.25, 0.3) is 0 Å². The van der Waals surface area contributed by atoms with Crippen molar-refractivity contribution in [2.24, 2.45) is 5.92 Å². The van der Waals surface area contributed by atoms with Crippen LogP contribution in [-0.2, 0) is 0 Å². The largest absolute Gasteiger partial charge is 0.339 e. The van der Waals surface area contributed by atoms with Crippen LogP contribution in [0, 0.1) is 5.92 Å². The minimum Gasteiger partial charge on any atom is -0.339 e. The van der Waals surface area contributed by atoms with Gasteiger partial charge < -0.3 is 15.5 Å². The fraction of sp³-hybridized carbons (Fsp3) is 0.667. The van der Waals surface area contributed by atoms with Gasteiger partial charge in [-0.2, -0.15) is 11.8 Å². The fourth-order valence-electron chi connectivity index (χ4n) is 2.95. The first-order chi connectivity index (χ1) is 10.8. The van der Waals surface area contributed by atoms with E-state index < -0.39 is 0 Å². The molecule has 2 aliphatic heterocycles. The highest BCUT2D eigenvalue weighted by molar-refractivity contribution is 7.99. The number of carbonyl (C=O) groups is 1. The second-order valence-corrected chi connectivity index (χ2v) is 7.07. The number of rotatable bonds is 4. The summed E-state index contributed by atoms with van der Waals surface area (Å²) in [5.74, 6) is 3.78. The van der Waals surface area contributed by atoms with Crippen molar-refractivity contribution < 1.29 is 4.79 Å². The lowest BCUT2D eigenvalue weighted by Gasteiger charge is -2.33. The zero-order valence-electron chi connectivity index (χ0n) is 12.7. The second kappa shape index (κ2) is 7.67. The quantitative estimate of drug-likeness (QED) is 0.879. The van der Waals surface area contributed by atoms with Crippen LogP contribution in [0.1, 0.15) is 19.3 Å². The SMILES string of the molecule is O=C(NC[C@@H]1CCSC1)N[C@H]1CCCN(c2ncccn2)C1. The van der Waals surface area contributed by atoms with E-state index in [0.717, 1.165) is 38.4 Å². The molecule has 2 aliphatic rings. The first-order valence-corrected chi connectivity index (χ1v) is 9.11. The van der Waals surface area contributed by atoms with Crippen molar-refractivity contribution >= 4 is 23.7 Å². The maximum absolute atomic E-state index is 12.0. The summed E-state index contributed by atoms with van der Waals surface area (Å²) in [6, 6.07) is 1.94. The maximum Gasteiger partial charge on any atom is 0.315 e. The number of nitrogens with zero attached hydrogens (tertiary/aromatic N) is 3. The summed E-state index contributed by atoms with van der Waals surface area (Å²) in [4.78, 5) is 22.8. The molecule has 3 heterocycles. The molecule has 2 fully saturated rings. The molecule has 0 spiro atoms. The molecule has 120 valence electrons. The van der Waals surface area contributed by atoms with Gasteiger partial charge in [-0.3, -0.25) is 0 Å². The van der Waals surface area contributed by atoms with Gasteiger partial charge in [-0.15, -0.1) is 0 Å². The molecule has 0 aliphatic carbocycles. The van der Waals surface area contributed by atoms with Gasteiger partial charge >= 0.3 is 6.03 Å². The van der Waals surface area contributed by atoms with Gasteiger partial charge in [0.2, 0.25) is 5.95 Å². The number of thioether (sulfide) groups is 1. The molecule has 0 saturated carbocycles. The number of aromatic nitrogens is 2. The summed E-state index contributed by atoms with van der Waals surface area (Å²) >= 11 is 1.98. The van der Waals surface area contributed by atoms with E-state index in [1.54, 1.807) is 12.4 Å². The highest BCUT2D eigenvalue weighted by atomic mass is 32.2. The number of hydrogen-bond donors (Lipinski definition) is 2. The Morgan fingerprint density at radius 1 is 1.36 bits per heavy atom. The Morgan fingerprint density at radius 3 is 3.00 bits per heavy atom. The predicted molar refractivity (Wildman–Crippen MR) is 89.2 cm³/mol. The number of urea groups is 1. The first kappa shape index (κ1) is 15.4. The lowest BCUT2D eigenvalue weighted by atomic mass is 10.1. The molecule has 0 aromatic carbocycles. The van der Waals surface area contributed by atoms with Crippen molar-refractivity contribution in [2.45, 2.75) is 25.3 Å². The summed E-state index contributed by atoms with van der Waals surface area (Å²) in [5, 5.41) is 6.10. The summed E-state index contributed by atoms with van der Waals surface area (Å²) in [6.07, 6.45) is 6.78. The molecule has 2 amide bonds. The molecule has 0 unspecified atom stereocenters. The third-order valence-corrected chi connectivity index (χ3v) is 5.40. The van der Waals surface area contributed by atoms with Gasteiger partial charge in [-0.1, -0.05) is 0 Å². The van der Waals surface area contributed by atoms with Crippen molar-refractivity contribution in [3.63, 3.8) is 0 Å². The van der Waals surface area contributed by atoms with Gasteiger partial charge in [0, 0.05) is 38.1 Å². The number of amides is 2. The molecule has 6 nitrogen and oxygen atoms in total. The van der Waals surface area contributed by atoms with Crippen LogP contribution >= 0.6 is 11.8 Å². The topological polar surface area (TPSA) is 70.2 Å². The van der Waals surface area contributed by atoms with Gasteiger partial charge in [0.05, 0.1) is 0 Å². The molecule has 3 rings (SSSR count). The number of piperidine rings is 1. The molecule has 7 heteroatoms. The molecule has 0 bridgehead atoms. The van der Waals surface area contributed by atoms with E-state index in [-0.39, 0.29) is 12.1 Å². The van der Waals surface area contributed by atoms with E-state index in [0.29, 0.717) is 5.92 Å². The molecule has 0 radical (unpaired) electrons. The summed E-state index contributed by atoms with van der Waals surface area (Å²) < 4.78 is 0. The van der Waals surface area contributed by atoms with E-state index in [1.165, 1.54) is 17.9 Å². The van der Waals surface area contributed by atoms with Gasteiger partial charge in [-0.05, 0) is 42.8 Å². The molecule has 1 aromatic heterocycles. The summed E-state index contributed by atoms with van der Waals surface area (Å²) in [5.41, 5.74) is 0. The third-order valence-electron chi connectivity index (χ3n) is 4.17. The van der Waals surface area contributed by atoms with Crippen molar-refractivity contribution in [1.29, 1.82) is 0 Å².